The van der Waals surface area contributed by atoms with Crippen molar-refractivity contribution in [1.29, 1.82) is 0 Å². The van der Waals surface area contributed by atoms with Crippen molar-refractivity contribution in [3.05, 3.63) is 91.2 Å². The van der Waals surface area contributed by atoms with E-state index in [2.05, 4.69) is 70.0 Å². The third-order valence-electron chi connectivity index (χ3n) is 8.50. The number of hydrogen-bond donors (Lipinski definition) is 0. The molecule has 2 unspecified atom stereocenters. The number of allylic oxidation sites excluding steroid dienone is 16. The van der Waals surface area contributed by atoms with Crippen molar-refractivity contribution in [2.24, 2.45) is 0 Å². The van der Waals surface area contributed by atoms with Crippen LogP contribution in [0.1, 0.15) is 78.1 Å². The Hall–Kier alpha value is -1.12. The minimum atomic E-state index is 0.429. The minimum absolute atomic E-state index is 0.429. The zero-order chi connectivity index (χ0) is 22.0. The number of halogens is 2. The van der Waals surface area contributed by atoms with Gasteiger partial charge in [0, 0.05) is 0 Å². The normalized spacial score (nSPS) is 29.4. The van der Waals surface area contributed by atoms with E-state index in [1.54, 1.807) is 33.4 Å². The van der Waals surface area contributed by atoms with Crippen LogP contribution >= 0.6 is 31.9 Å². The van der Waals surface area contributed by atoms with Gasteiger partial charge in [0.25, 0.3) is 0 Å². The maximum absolute atomic E-state index is 4.07. The third-order valence-corrected chi connectivity index (χ3v) is 10.6. The Morgan fingerprint density at radius 2 is 1.03 bits per heavy atom. The fraction of sp³-hybridized carbons (Fsp3) is 0.467. The van der Waals surface area contributed by atoms with E-state index in [4.69, 9.17) is 0 Å². The first-order valence-electron chi connectivity index (χ1n) is 12.5. The first-order chi connectivity index (χ1) is 15.5. The molecule has 32 heavy (non-hydrogen) atoms. The van der Waals surface area contributed by atoms with Crippen LogP contribution in [0, 0.1) is 0 Å². The average Bonchev–Trinajstić information content (AvgIpc) is 3.29. The Balaban J connectivity index is 1.27. The quantitative estimate of drug-likeness (QED) is 0.306. The topological polar surface area (TPSA) is 0 Å². The Bertz CT molecular complexity index is 1060. The summed E-state index contributed by atoms with van der Waals surface area (Å²) in [5.41, 5.74) is 18.8. The minimum Gasteiger partial charge on any atom is -0.0790 e. The Morgan fingerprint density at radius 1 is 0.625 bits per heavy atom. The van der Waals surface area contributed by atoms with Crippen molar-refractivity contribution < 1.29 is 0 Å². The van der Waals surface area contributed by atoms with Crippen molar-refractivity contribution in [3.63, 3.8) is 0 Å². The molecule has 0 aromatic carbocycles. The van der Waals surface area contributed by atoms with Gasteiger partial charge in [0.2, 0.25) is 0 Å². The smallest absolute Gasteiger partial charge is 0.0616 e. The molecule has 0 fully saturated rings. The van der Waals surface area contributed by atoms with Crippen molar-refractivity contribution >= 4 is 31.9 Å². The molecule has 6 aliphatic carbocycles. The fourth-order valence-electron chi connectivity index (χ4n) is 6.78. The second-order valence-electron chi connectivity index (χ2n) is 10.4. The molecular weight excluding hydrogens is 520 g/mol. The summed E-state index contributed by atoms with van der Waals surface area (Å²) in [5.74, 6) is 0. The molecule has 0 aromatic heterocycles. The van der Waals surface area contributed by atoms with Crippen molar-refractivity contribution in [2.75, 3.05) is 0 Å². The molecule has 0 bridgehead atoms. The lowest BCUT2D eigenvalue weighted by molar-refractivity contribution is 0.668. The van der Waals surface area contributed by atoms with Gasteiger partial charge in [-0.25, -0.2) is 0 Å². The molecule has 166 valence electrons. The van der Waals surface area contributed by atoms with Crippen LogP contribution in [0.5, 0.6) is 0 Å². The third kappa shape index (κ3) is 3.35. The molecule has 0 spiro atoms. The summed E-state index contributed by atoms with van der Waals surface area (Å²) in [6.45, 7) is 4.65. The first-order valence-corrected chi connectivity index (χ1v) is 14.4. The second kappa shape index (κ2) is 8.27. The molecule has 2 atom stereocenters. The maximum atomic E-state index is 4.07. The molecule has 0 saturated heterocycles. The molecule has 0 heterocycles. The first kappa shape index (κ1) is 21.4. The van der Waals surface area contributed by atoms with Crippen LogP contribution in [0.15, 0.2) is 91.2 Å². The SMILES string of the molecule is CC1=C(CCC2=C(C)C=C3C2=CC2=C(CCCC2)C3Br)C2=CC3=C(CCCC3)C(Br)C2=C1. The van der Waals surface area contributed by atoms with Gasteiger partial charge >= 0.3 is 0 Å². The van der Waals surface area contributed by atoms with E-state index in [1.807, 2.05) is 0 Å². The Labute approximate surface area is 210 Å². The Morgan fingerprint density at radius 3 is 1.47 bits per heavy atom. The molecule has 0 amide bonds. The molecule has 0 radical (unpaired) electrons. The van der Waals surface area contributed by atoms with Crippen LogP contribution in [0.25, 0.3) is 0 Å². The predicted octanol–water partition coefficient (Wildman–Crippen LogP) is 9.43. The molecule has 6 rings (SSSR count). The van der Waals surface area contributed by atoms with Gasteiger partial charge in [-0.2, -0.15) is 0 Å². The van der Waals surface area contributed by atoms with Crippen LogP contribution in [0.3, 0.4) is 0 Å². The predicted molar refractivity (Wildman–Crippen MR) is 143 cm³/mol. The van der Waals surface area contributed by atoms with Crippen LogP contribution in [-0.4, -0.2) is 9.65 Å². The summed E-state index contributed by atoms with van der Waals surface area (Å²) < 4.78 is 0. The van der Waals surface area contributed by atoms with E-state index >= 15 is 0 Å². The van der Waals surface area contributed by atoms with Crippen LogP contribution < -0.4 is 0 Å². The van der Waals surface area contributed by atoms with Crippen molar-refractivity contribution in [2.45, 2.75) is 87.7 Å². The largest absolute Gasteiger partial charge is 0.0790 e. The van der Waals surface area contributed by atoms with Gasteiger partial charge in [0.15, 0.2) is 0 Å². The van der Waals surface area contributed by atoms with Crippen LogP contribution in [-0.2, 0) is 0 Å². The van der Waals surface area contributed by atoms with Gasteiger partial charge in [0.1, 0.15) is 0 Å². The van der Waals surface area contributed by atoms with Crippen LogP contribution in [0.2, 0.25) is 0 Å². The highest BCUT2D eigenvalue weighted by Crippen LogP contribution is 2.50. The van der Waals surface area contributed by atoms with E-state index in [0.717, 1.165) is 12.8 Å². The lowest BCUT2D eigenvalue weighted by atomic mass is 9.78. The maximum Gasteiger partial charge on any atom is 0.0616 e. The number of fused-ring (bicyclic) bond motifs is 2. The molecule has 6 aliphatic rings. The number of hydrogen-bond acceptors (Lipinski definition) is 0. The number of alkyl halides is 2. The molecule has 0 N–H and O–H groups in total. The summed E-state index contributed by atoms with van der Waals surface area (Å²) in [4.78, 5) is 0.857. The highest BCUT2D eigenvalue weighted by atomic mass is 79.9. The van der Waals surface area contributed by atoms with Crippen molar-refractivity contribution in [1.82, 2.24) is 0 Å². The molecular formula is C30H32Br2. The highest BCUT2D eigenvalue weighted by Gasteiger charge is 2.35. The van der Waals surface area contributed by atoms with E-state index in [1.165, 1.54) is 84.8 Å². The highest BCUT2D eigenvalue weighted by molar-refractivity contribution is 9.10. The zero-order valence-corrected chi connectivity index (χ0v) is 22.5. The van der Waals surface area contributed by atoms with Gasteiger partial charge in [0.05, 0.1) is 9.65 Å². The lowest BCUT2D eigenvalue weighted by Gasteiger charge is -2.30. The summed E-state index contributed by atoms with van der Waals surface area (Å²) >= 11 is 8.15. The molecule has 0 nitrogen and oxygen atoms in total. The monoisotopic (exact) mass is 550 g/mol. The van der Waals surface area contributed by atoms with E-state index < -0.39 is 0 Å². The van der Waals surface area contributed by atoms with Crippen LogP contribution in [0.4, 0.5) is 0 Å². The van der Waals surface area contributed by atoms with E-state index in [9.17, 15) is 0 Å². The molecule has 0 aliphatic heterocycles. The molecule has 0 saturated carbocycles. The second-order valence-corrected chi connectivity index (χ2v) is 12.2. The van der Waals surface area contributed by atoms with Gasteiger partial charge < -0.3 is 0 Å². The van der Waals surface area contributed by atoms with Gasteiger partial charge in [-0.05, 0) is 145 Å². The summed E-state index contributed by atoms with van der Waals surface area (Å²) in [7, 11) is 0. The van der Waals surface area contributed by atoms with Gasteiger partial charge in [-0.1, -0.05) is 56.2 Å². The standard InChI is InChI=1S/C30H32Br2/c1-17-13-27-25(15-19-7-3-5-9-23(19)29(27)31)21(17)11-12-22-18(2)14-28-26(22)16-20-8-4-6-10-24(20)30(28)32/h13-16,29-30H,3-12H2,1-2H3. The van der Waals surface area contributed by atoms with Gasteiger partial charge in [-0.3, -0.25) is 0 Å². The number of rotatable bonds is 3. The summed E-state index contributed by atoms with van der Waals surface area (Å²) in [5, 5.41) is 0. The van der Waals surface area contributed by atoms with E-state index in [-0.39, 0.29) is 0 Å². The lowest BCUT2D eigenvalue weighted by Crippen LogP contribution is -2.18. The molecule has 0 aromatic rings. The fourth-order valence-corrected chi connectivity index (χ4v) is 8.58. The zero-order valence-electron chi connectivity index (χ0n) is 19.3. The van der Waals surface area contributed by atoms with E-state index in [0.29, 0.717) is 9.65 Å². The summed E-state index contributed by atoms with van der Waals surface area (Å²) in [6.07, 6.45) is 22.8. The summed E-state index contributed by atoms with van der Waals surface area (Å²) in [6, 6.07) is 0. The average molecular weight is 552 g/mol. The molecule has 2 heteroatoms. The Kier molecular flexibility index (Phi) is 5.54. The van der Waals surface area contributed by atoms with Crippen molar-refractivity contribution in [3.8, 4) is 0 Å². The van der Waals surface area contributed by atoms with Gasteiger partial charge in [-0.15, -0.1) is 0 Å².